The van der Waals surface area contributed by atoms with Crippen LogP contribution in [-0.2, 0) is 17.6 Å². The molecule has 0 saturated carbocycles. The Labute approximate surface area is 236 Å². The molecule has 2 amide bonds. The molecule has 4 aromatic rings. The second-order valence-electron chi connectivity index (χ2n) is 9.86. The third-order valence-corrected chi connectivity index (χ3v) is 7.54. The summed E-state index contributed by atoms with van der Waals surface area (Å²) < 4.78 is 0. The van der Waals surface area contributed by atoms with Crippen molar-refractivity contribution in [3.63, 3.8) is 0 Å². The lowest BCUT2D eigenvalue weighted by Crippen LogP contribution is -2.48. The molecule has 0 spiro atoms. The van der Waals surface area contributed by atoms with Crippen LogP contribution in [0.15, 0.2) is 72.9 Å². The van der Waals surface area contributed by atoms with Gasteiger partial charge in [-0.05, 0) is 40.7 Å². The largest absolute Gasteiger partial charge is 0.465 e. The van der Waals surface area contributed by atoms with E-state index >= 15 is 0 Å². The first kappa shape index (κ1) is 27.1. The zero-order valence-electron chi connectivity index (χ0n) is 21.5. The summed E-state index contributed by atoms with van der Waals surface area (Å²) in [6.07, 6.45) is 2.18. The number of imidazole rings is 1. The van der Waals surface area contributed by atoms with Crippen LogP contribution in [0.3, 0.4) is 0 Å². The predicted molar refractivity (Wildman–Crippen MR) is 154 cm³/mol. The number of benzene rings is 3. The fraction of sp³-hybridized carbons (Fsp3) is 0.200. The average molecular weight is 558 g/mol. The molecule has 3 heterocycles. The molecule has 0 fully saturated rings. The molecule has 0 unspecified atom stereocenters. The molecular formula is C30H28ClN5O4. The standard InChI is InChI=1S/C30H27N5O4.ClH/c31-15-26(36)20-10-6-18(7-11-20)17-4-8-19(9-5-17)24-16-32-28(33-24)25-14-22-3-1-2-21-12-13-23(34-30(38)39)29(37)35(25)27(21)22;/h1-11,16,23,25,34H,12-15,31H2,(H,32,33)(H,38,39);1H/t23-,25-;/m0./s1. The quantitative estimate of drug-likeness (QED) is 0.257. The molecule has 6 rings (SSSR count). The van der Waals surface area contributed by atoms with Crippen LogP contribution < -0.4 is 16.0 Å². The minimum atomic E-state index is -1.21. The van der Waals surface area contributed by atoms with E-state index in [0.717, 1.165) is 39.2 Å². The highest BCUT2D eigenvalue weighted by Crippen LogP contribution is 2.44. The van der Waals surface area contributed by atoms with Crippen molar-refractivity contribution in [3.8, 4) is 22.4 Å². The summed E-state index contributed by atoms with van der Waals surface area (Å²) in [7, 11) is 0. The smallest absolute Gasteiger partial charge is 0.405 e. The van der Waals surface area contributed by atoms with E-state index in [1.165, 1.54) is 0 Å². The van der Waals surface area contributed by atoms with Gasteiger partial charge in [-0.2, -0.15) is 0 Å². The Kier molecular flexibility index (Phi) is 7.42. The van der Waals surface area contributed by atoms with Crippen molar-refractivity contribution in [1.82, 2.24) is 15.3 Å². The number of nitrogens with two attached hydrogens (primary N) is 1. The van der Waals surface area contributed by atoms with Crippen molar-refractivity contribution in [1.29, 1.82) is 0 Å². The van der Waals surface area contributed by atoms with E-state index in [1.807, 2.05) is 54.6 Å². The maximum absolute atomic E-state index is 13.5. The van der Waals surface area contributed by atoms with Gasteiger partial charge < -0.3 is 21.1 Å². The maximum atomic E-state index is 13.5. The van der Waals surface area contributed by atoms with Crippen LogP contribution in [0.5, 0.6) is 0 Å². The average Bonchev–Trinajstić information content (AvgIpc) is 3.57. The van der Waals surface area contributed by atoms with Gasteiger partial charge in [-0.3, -0.25) is 14.5 Å². The Morgan fingerprint density at radius 1 is 1.00 bits per heavy atom. The minimum Gasteiger partial charge on any atom is -0.465 e. The number of carboxylic acid groups (broad SMARTS) is 1. The van der Waals surface area contributed by atoms with E-state index in [4.69, 9.17) is 5.73 Å². The first-order chi connectivity index (χ1) is 18.9. The number of Topliss-reactive ketones (excluding diaryl/α,β-unsaturated/α-hetero) is 1. The molecule has 204 valence electrons. The number of H-pyrrole nitrogens is 1. The molecule has 40 heavy (non-hydrogen) atoms. The molecule has 1 aromatic heterocycles. The number of halogens is 1. The molecule has 5 N–H and O–H groups in total. The van der Waals surface area contributed by atoms with E-state index in [-0.39, 0.29) is 36.7 Å². The Morgan fingerprint density at radius 2 is 1.65 bits per heavy atom. The van der Waals surface area contributed by atoms with Crippen molar-refractivity contribution in [2.45, 2.75) is 31.3 Å². The van der Waals surface area contributed by atoms with Gasteiger partial charge in [0.1, 0.15) is 11.9 Å². The van der Waals surface area contributed by atoms with Gasteiger partial charge in [0.05, 0.1) is 30.2 Å². The van der Waals surface area contributed by atoms with Gasteiger partial charge in [0.25, 0.3) is 0 Å². The van der Waals surface area contributed by atoms with Gasteiger partial charge >= 0.3 is 6.09 Å². The van der Waals surface area contributed by atoms with Crippen LogP contribution >= 0.6 is 12.4 Å². The van der Waals surface area contributed by atoms with Crippen LogP contribution in [0.4, 0.5) is 10.5 Å². The van der Waals surface area contributed by atoms with Crippen molar-refractivity contribution in [2.75, 3.05) is 11.4 Å². The molecule has 0 saturated heterocycles. The lowest BCUT2D eigenvalue weighted by atomic mass is 10.0. The zero-order chi connectivity index (χ0) is 27.1. The maximum Gasteiger partial charge on any atom is 0.405 e. The van der Waals surface area contributed by atoms with Gasteiger partial charge in [-0.1, -0.05) is 66.7 Å². The number of carbonyl (C=O) groups excluding carboxylic acids is 2. The summed E-state index contributed by atoms with van der Waals surface area (Å²) in [5.41, 5.74) is 12.8. The molecular weight excluding hydrogens is 530 g/mol. The van der Waals surface area contributed by atoms with E-state index in [9.17, 15) is 19.5 Å². The second-order valence-corrected chi connectivity index (χ2v) is 9.86. The first-order valence-electron chi connectivity index (χ1n) is 12.9. The molecule has 3 aromatic carbocycles. The molecule has 9 nitrogen and oxygen atoms in total. The summed E-state index contributed by atoms with van der Waals surface area (Å²) in [5.74, 6) is 0.303. The Morgan fingerprint density at radius 3 is 2.33 bits per heavy atom. The predicted octanol–water partition coefficient (Wildman–Crippen LogP) is 4.52. The molecule has 0 radical (unpaired) electrons. The first-order valence-corrected chi connectivity index (χ1v) is 12.9. The SMILES string of the molecule is Cl.NCC(=O)c1ccc(-c2ccc(-c3cnc([C@@H]4Cc5cccc6c5N4C(=O)[C@@H](NC(=O)O)CC6)[nH]3)cc2)cc1. The number of ketones is 1. The van der Waals surface area contributed by atoms with Crippen LogP contribution in [0, 0.1) is 0 Å². The van der Waals surface area contributed by atoms with Gasteiger partial charge in [0.2, 0.25) is 5.91 Å². The zero-order valence-corrected chi connectivity index (χ0v) is 22.3. The number of aromatic amines is 1. The highest BCUT2D eigenvalue weighted by molar-refractivity contribution is 6.02. The van der Waals surface area contributed by atoms with Gasteiger partial charge in [-0.15, -0.1) is 12.4 Å². The molecule has 0 bridgehead atoms. The van der Waals surface area contributed by atoms with Crippen molar-refractivity contribution < 1.29 is 19.5 Å². The van der Waals surface area contributed by atoms with Crippen LogP contribution in [0.25, 0.3) is 22.4 Å². The van der Waals surface area contributed by atoms with Crippen LogP contribution in [0.1, 0.15) is 39.8 Å². The number of nitrogens with one attached hydrogen (secondary N) is 2. The fourth-order valence-corrected chi connectivity index (χ4v) is 5.59. The number of nitrogens with zero attached hydrogens (tertiary/aromatic N) is 2. The van der Waals surface area contributed by atoms with E-state index < -0.39 is 12.1 Å². The fourth-order valence-electron chi connectivity index (χ4n) is 5.59. The Balaban J connectivity index is 0.00000323. The number of amides is 2. The number of rotatable bonds is 6. The lowest BCUT2D eigenvalue weighted by Gasteiger charge is -2.27. The third-order valence-electron chi connectivity index (χ3n) is 7.54. The number of para-hydroxylation sites is 1. The summed E-state index contributed by atoms with van der Waals surface area (Å²) in [4.78, 5) is 46.5. The minimum absolute atomic E-state index is 0. The number of aryl methyl sites for hydroxylation is 1. The molecule has 2 aliphatic heterocycles. The summed E-state index contributed by atoms with van der Waals surface area (Å²) in [6, 6.07) is 20.2. The highest BCUT2D eigenvalue weighted by Gasteiger charge is 2.42. The summed E-state index contributed by atoms with van der Waals surface area (Å²) in [5, 5.41) is 11.7. The highest BCUT2D eigenvalue weighted by atomic mass is 35.5. The Bertz CT molecular complexity index is 1580. The molecule has 2 atom stereocenters. The summed E-state index contributed by atoms with van der Waals surface area (Å²) >= 11 is 0. The van der Waals surface area contributed by atoms with E-state index in [1.54, 1.807) is 23.2 Å². The van der Waals surface area contributed by atoms with Gasteiger partial charge in [0, 0.05) is 12.0 Å². The number of anilines is 1. The number of hydrogen-bond acceptors (Lipinski definition) is 5. The molecule has 10 heteroatoms. The topological polar surface area (TPSA) is 141 Å². The van der Waals surface area contributed by atoms with E-state index in [0.29, 0.717) is 30.7 Å². The van der Waals surface area contributed by atoms with Crippen LogP contribution in [-0.4, -0.2) is 45.4 Å². The third kappa shape index (κ3) is 4.85. The lowest BCUT2D eigenvalue weighted by molar-refractivity contribution is -0.120. The monoisotopic (exact) mass is 557 g/mol. The number of carbonyl (C=O) groups is 3. The van der Waals surface area contributed by atoms with Crippen LogP contribution in [0.2, 0.25) is 0 Å². The van der Waals surface area contributed by atoms with Crippen molar-refractivity contribution in [2.24, 2.45) is 5.73 Å². The summed E-state index contributed by atoms with van der Waals surface area (Å²) in [6.45, 7) is -0.0138. The van der Waals surface area contributed by atoms with Gasteiger partial charge in [0.15, 0.2) is 5.78 Å². The van der Waals surface area contributed by atoms with E-state index in [2.05, 4.69) is 15.3 Å². The second kappa shape index (κ2) is 11.0. The number of aromatic nitrogens is 2. The number of hydrogen-bond donors (Lipinski definition) is 4. The molecule has 0 aliphatic carbocycles. The normalized spacial score (nSPS) is 17.5. The van der Waals surface area contributed by atoms with Crippen molar-refractivity contribution >= 4 is 35.9 Å². The van der Waals surface area contributed by atoms with Crippen molar-refractivity contribution in [3.05, 3.63) is 95.4 Å². The molecule has 2 aliphatic rings. The van der Waals surface area contributed by atoms with Gasteiger partial charge in [-0.25, -0.2) is 9.78 Å². The Hall–Kier alpha value is -4.47.